The number of benzene rings is 2. The number of ether oxygens (including phenoxy) is 1. The fourth-order valence-electron chi connectivity index (χ4n) is 8.60. The summed E-state index contributed by atoms with van der Waals surface area (Å²) in [6.45, 7) is 4.99. The fourth-order valence-corrected chi connectivity index (χ4v) is 8.60. The first kappa shape index (κ1) is 37.6. The zero-order valence-electron chi connectivity index (χ0n) is 31.8. The quantitative estimate of drug-likeness (QED) is 0.140. The van der Waals surface area contributed by atoms with Crippen LogP contribution in [0.25, 0.3) is 33.6 Å². The Hall–Kier alpha value is -5.66. The topological polar surface area (TPSA) is 177 Å². The second kappa shape index (κ2) is 16.0. The molecule has 0 radical (unpaired) electrons. The molecule has 1 aliphatic carbocycles. The number of methoxy groups -OCH3 is 1. The Morgan fingerprint density at radius 2 is 1.31 bits per heavy atom. The van der Waals surface area contributed by atoms with Gasteiger partial charge in [-0.05, 0) is 73.1 Å². The number of nitrogens with one attached hydrogen (secondary N) is 3. The summed E-state index contributed by atoms with van der Waals surface area (Å²) in [6.07, 6.45) is 7.54. The summed E-state index contributed by atoms with van der Waals surface area (Å²) in [7, 11) is 2.80. The van der Waals surface area contributed by atoms with Crippen LogP contribution in [-0.4, -0.2) is 103 Å². The Bertz CT molecular complexity index is 2010. The highest BCUT2D eigenvalue weighted by Crippen LogP contribution is 2.37. The third-order valence-corrected chi connectivity index (χ3v) is 11.5. The Balaban J connectivity index is 0.981. The average molecular weight is 751 g/mol. The predicted molar refractivity (Wildman–Crippen MR) is 206 cm³/mol. The normalized spacial score (nSPS) is 21.5. The molecular formula is C41H50N8O6. The van der Waals surface area contributed by atoms with Crippen LogP contribution in [0.1, 0.15) is 82.5 Å². The van der Waals surface area contributed by atoms with Crippen molar-refractivity contribution in [1.82, 2.24) is 40.0 Å². The van der Waals surface area contributed by atoms with Crippen LogP contribution in [0.5, 0.6) is 0 Å². The number of carbonyl (C=O) groups excluding carboxylic acids is 3. The summed E-state index contributed by atoms with van der Waals surface area (Å²) in [5.74, 6) is 1.15. The van der Waals surface area contributed by atoms with E-state index in [1.165, 1.54) is 14.2 Å². The van der Waals surface area contributed by atoms with Crippen molar-refractivity contribution >= 4 is 24.0 Å². The van der Waals surface area contributed by atoms with Gasteiger partial charge in [-0.2, -0.15) is 0 Å². The van der Waals surface area contributed by atoms with Gasteiger partial charge in [0.25, 0.3) is 0 Å². The van der Waals surface area contributed by atoms with Gasteiger partial charge in [0.2, 0.25) is 11.8 Å². The molecule has 7 rings (SSSR count). The first-order chi connectivity index (χ1) is 26.5. The molecule has 4 N–H and O–H groups in total. The van der Waals surface area contributed by atoms with Crippen molar-refractivity contribution in [3.8, 4) is 33.6 Å². The molecule has 0 bridgehead atoms. The highest BCUT2D eigenvalue weighted by Gasteiger charge is 2.41. The van der Waals surface area contributed by atoms with Gasteiger partial charge in [-0.1, -0.05) is 62.4 Å². The largest absolute Gasteiger partial charge is 0.465 e. The predicted octanol–water partition coefficient (Wildman–Crippen LogP) is 6.62. The van der Waals surface area contributed by atoms with E-state index < -0.39 is 18.2 Å². The van der Waals surface area contributed by atoms with Crippen LogP contribution in [0.15, 0.2) is 60.9 Å². The monoisotopic (exact) mass is 750 g/mol. The van der Waals surface area contributed by atoms with E-state index in [0.29, 0.717) is 25.3 Å². The number of hydrogen-bond donors (Lipinski definition) is 4. The first-order valence-electron chi connectivity index (χ1n) is 19.2. The van der Waals surface area contributed by atoms with Crippen LogP contribution in [-0.2, 0) is 14.3 Å². The number of rotatable bonds is 10. The number of nitrogens with zero attached hydrogens (tertiary/aromatic N) is 5. The number of hydrogen-bond acceptors (Lipinski definition) is 7. The van der Waals surface area contributed by atoms with Gasteiger partial charge in [0.1, 0.15) is 17.7 Å². The maximum absolute atomic E-state index is 13.6. The molecule has 2 saturated heterocycles. The molecule has 1 saturated carbocycles. The molecule has 3 fully saturated rings. The lowest BCUT2D eigenvalue weighted by Gasteiger charge is -2.33. The Kier molecular flexibility index (Phi) is 10.9. The minimum atomic E-state index is -1.12. The molecule has 290 valence electrons. The lowest BCUT2D eigenvalue weighted by molar-refractivity contribution is -0.138. The van der Waals surface area contributed by atoms with E-state index in [2.05, 4.69) is 56.7 Å². The van der Waals surface area contributed by atoms with E-state index in [4.69, 9.17) is 9.72 Å². The maximum Gasteiger partial charge on any atom is 0.407 e. The molecule has 2 aromatic heterocycles. The molecular weight excluding hydrogens is 701 g/mol. The molecule has 5 atom stereocenters. The molecule has 14 heteroatoms. The first-order valence-corrected chi connectivity index (χ1v) is 19.2. The molecule has 0 spiro atoms. The van der Waals surface area contributed by atoms with Crippen molar-refractivity contribution < 1.29 is 29.0 Å². The molecule has 4 amide bonds. The van der Waals surface area contributed by atoms with Gasteiger partial charge in [-0.15, -0.1) is 0 Å². The third kappa shape index (κ3) is 7.80. The summed E-state index contributed by atoms with van der Waals surface area (Å²) >= 11 is 0. The summed E-state index contributed by atoms with van der Waals surface area (Å²) in [5.41, 5.74) is 5.84. The number of H-pyrrole nitrogens is 2. The van der Waals surface area contributed by atoms with Gasteiger partial charge >= 0.3 is 12.2 Å². The number of aromatic amines is 2. The maximum atomic E-state index is 13.6. The molecule has 3 aliphatic rings. The Labute approximate surface area is 320 Å². The molecule has 14 nitrogen and oxygen atoms in total. The zero-order chi connectivity index (χ0) is 38.8. The minimum absolute atomic E-state index is 0.0447. The van der Waals surface area contributed by atoms with Gasteiger partial charge < -0.3 is 34.9 Å². The SMILES string of the molecule is COC(=O)N[C@H]1CC[C@@H](C(=O)N2CCC[C@H]2c2ncc(-c3ccc(-c4ccc(-c5cnc([C@@H]6CCCN6C(=O)[C@H](C(C)C)N(C)C(=O)O)[nH]5)cc4)cc3)[nH]2)C1. The number of carbonyl (C=O) groups is 4. The van der Waals surface area contributed by atoms with Crippen LogP contribution in [0.2, 0.25) is 0 Å². The van der Waals surface area contributed by atoms with Crippen molar-refractivity contribution in [2.75, 3.05) is 27.2 Å². The standard InChI is InChI=1S/C41H50N8O6/c1-24(2)35(47(3)41(53)54)39(51)49-20-6-8-34(49)37-43-23-32(46-37)28-15-11-26(12-16-28)25-9-13-27(14-10-25)31-22-42-36(45-31)33-7-5-19-48(33)38(50)29-17-18-30(21-29)44-40(52)55-4/h9-16,22-24,29-30,33-35H,5-8,17-21H2,1-4H3,(H,42,45)(H,43,46)(H,44,52)(H,53,54)/t29-,30+,33+,34+,35+/m1/s1. The number of amides is 4. The van der Waals surface area contributed by atoms with E-state index in [1.54, 1.807) is 11.1 Å². The van der Waals surface area contributed by atoms with Crippen molar-refractivity contribution in [3.05, 3.63) is 72.6 Å². The smallest absolute Gasteiger partial charge is 0.407 e. The number of imidazole rings is 2. The van der Waals surface area contributed by atoms with Crippen molar-refractivity contribution in [1.29, 1.82) is 0 Å². The Morgan fingerprint density at radius 3 is 1.82 bits per heavy atom. The number of likely N-dealkylation sites (tertiary alicyclic amines) is 2. The molecule has 0 unspecified atom stereocenters. The van der Waals surface area contributed by atoms with E-state index in [1.807, 2.05) is 37.1 Å². The van der Waals surface area contributed by atoms with Crippen molar-refractivity contribution in [2.24, 2.45) is 11.8 Å². The summed E-state index contributed by atoms with van der Waals surface area (Å²) in [5, 5.41) is 12.4. The highest BCUT2D eigenvalue weighted by molar-refractivity contribution is 5.86. The van der Waals surface area contributed by atoms with Crippen LogP contribution < -0.4 is 5.32 Å². The molecule has 2 aliphatic heterocycles. The summed E-state index contributed by atoms with van der Waals surface area (Å²) in [4.78, 5) is 71.6. The van der Waals surface area contributed by atoms with E-state index >= 15 is 0 Å². The number of aromatic nitrogens is 4. The zero-order valence-corrected chi connectivity index (χ0v) is 31.8. The summed E-state index contributed by atoms with van der Waals surface area (Å²) < 4.78 is 4.73. The Morgan fingerprint density at radius 1 is 0.800 bits per heavy atom. The van der Waals surface area contributed by atoms with E-state index in [9.17, 15) is 24.3 Å². The number of alkyl carbamates (subject to hydrolysis) is 1. The van der Waals surface area contributed by atoms with Crippen molar-refractivity contribution in [3.63, 3.8) is 0 Å². The van der Waals surface area contributed by atoms with E-state index in [0.717, 1.165) is 82.9 Å². The summed E-state index contributed by atoms with van der Waals surface area (Å²) in [6, 6.07) is 15.4. The van der Waals surface area contributed by atoms with E-state index in [-0.39, 0.29) is 41.8 Å². The molecule has 4 heterocycles. The lowest BCUT2D eigenvalue weighted by atomic mass is 10.0. The van der Waals surface area contributed by atoms with Crippen molar-refractivity contribution in [2.45, 2.75) is 83.0 Å². The van der Waals surface area contributed by atoms with Crippen LogP contribution in [0, 0.1) is 11.8 Å². The van der Waals surface area contributed by atoms with Gasteiger partial charge in [-0.25, -0.2) is 19.6 Å². The van der Waals surface area contributed by atoms with Gasteiger partial charge in [-0.3, -0.25) is 14.5 Å². The minimum Gasteiger partial charge on any atom is -0.465 e. The van der Waals surface area contributed by atoms with Gasteiger partial charge in [0, 0.05) is 32.1 Å². The highest BCUT2D eigenvalue weighted by atomic mass is 16.5. The number of carboxylic acid groups (broad SMARTS) is 1. The van der Waals surface area contributed by atoms with Crippen LogP contribution >= 0.6 is 0 Å². The molecule has 55 heavy (non-hydrogen) atoms. The van der Waals surface area contributed by atoms with Gasteiger partial charge in [0.05, 0.1) is 43.0 Å². The van der Waals surface area contributed by atoms with Gasteiger partial charge in [0.15, 0.2) is 0 Å². The number of likely N-dealkylation sites (N-methyl/N-ethyl adjacent to an activating group) is 1. The molecule has 2 aromatic carbocycles. The molecule has 4 aromatic rings. The van der Waals surface area contributed by atoms with Crippen LogP contribution in [0.4, 0.5) is 9.59 Å². The van der Waals surface area contributed by atoms with Crippen LogP contribution in [0.3, 0.4) is 0 Å². The fraction of sp³-hybridized carbons (Fsp3) is 0.463. The third-order valence-electron chi connectivity index (χ3n) is 11.5. The average Bonchev–Trinajstić information content (AvgIpc) is 4.04. The second-order valence-corrected chi connectivity index (χ2v) is 15.3. The second-order valence-electron chi connectivity index (χ2n) is 15.3. The lowest BCUT2D eigenvalue weighted by Crippen LogP contribution is -2.51.